The van der Waals surface area contributed by atoms with E-state index in [9.17, 15) is 14.5 Å². The lowest BCUT2D eigenvalue weighted by Gasteiger charge is -2.06. The van der Waals surface area contributed by atoms with E-state index in [1.807, 2.05) is 6.92 Å². The molecule has 0 heterocycles. The average molecular weight is 276 g/mol. The third-order valence-electron chi connectivity index (χ3n) is 2.11. The van der Waals surface area contributed by atoms with Crippen LogP contribution in [0.3, 0.4) is 0 Å². The van der Waals surface area contributed by atoms with Crippen molar-refractivity contribution in [1.82, 2.24) is 0 Å². The Labute approximate surface area is 95.6 Å². The van der Waals surface area contributed by atoms with Gasteiger partial charge >= 0.3 is 5.69 Å². The molecule has 1 rings (SSSR count). The summed E-state index contributed by atoms with van der Waals surface area (Å²) in [7, 11) is 0. The van der Waals surface area contributed by atoms with Crippen molar-refractivity contribution in [3.63, 3.8) is 0 Å². The van der Waals surface area contributed by atoms with Crippen molar-refractivity contribution in [3.05, 3.63) is 39.7 Å². The van der Waals surface area contributed by atoms with Gasteiger partial charge in [-0.05, 0) is 24.5 Å². The third kappa shape index (κ3) is 3.27. The van der Waals surface area contributed by atoms with Crippen LogP contribution in [0.4, 0.5) is 10.1 Å². The summed E-state index contributed by atoms with van der Waals surface area (Å²) < 4.78 is 13.0. The first-order chi connectivity index (χ1) is 7.04. The summed E-state index contributed by atoms with van der Waals surface area (Å²) in [6.45, 7) is 2.01. The molecule has 1 atom stereocenters. The van der Waals surface area contributed by atoms with Crippen LogP contribution in [0, 0.1) is 15.9 Å². The molecule has 0 saturated heterocycles. The van der Waals surface area contributed by atoms with Crippen LogP contribution in [0.1, 0.15) is 18.9 Å². The van der Waals surface area contributed by atoms with Crippen LogP contribution >= 0.6 is 15.9 Å². The lowest BCUT2D eigenvalue weighted by molar-refractivity contribution is -0.387. The summed E-state index contributed by atoms with van der Waals surface area (Å²) in [6, 6.07) is 4.01. The number of hydrogen-bond donors (Lipinski definition) is 0. The fourth-order valence-electron chi connectivity index (χ4n) is 1.23. The van der Waals surface area contributed by atoms with Gasteiger partial charge in [0.05, 0.1) is 4.92 Å². The third-order valence-corrected chi connectivity index (χ3v) is 3.08. The largest absolute Gasteiger partial charge is 0.305 e. The van der Waals surface area contributed by atoms with Gasteiger partial charge in [0.25, 0.3) is 0 Å². The molecule has 15 heavy (non-hydrogen) atoms. The molecule has 0 bridgehead atoms. The van der Waals surface area contributed by atoms with Gasteiger partial charge in [-0.1, -0.05) is 28.9 Å². The zero-order chi connectivity index (χ0) is 11.4. The van der Waals surface area contributed by atoms with Gasteiger partial charge in [0.1, 0.15) is 0 Å². The molecule has 0 saturated carbocycles. The number of nitro groups is 1. The molecule has 5 heteroatoms. The maximum absolute atomic E-state index is 13.0. The van der Waals surface area contributed by atoms with Crippen molar-refractivity contribution in [2.24, 2.45) is 0 Å². The normalized spacial score (nSPS) is 12.5. The molecule has 0 fully saturated rings. The van der Waals surface area contributed by atoms with Crippen molar-refractivity contribution in [1.29, 1.82) is 0 Å². The molecule has 1 unspecified atom stereocenters. The molecule has 0 spiro atoms. The maximum Gasteiger partial charge on any atom is 0.305 e. The fourth-order valence-corrected chi connectivity index (χ4v) is 1.60. The highest BCUT2D eigenvalue weighted by Gasteiger charge is 2.15. The predicted octanol–water partition coefficient (Wildman–Crippen LogP) is 3.45. The second-order valence-electron chi connectivity index (χ2n) is 3.25. The van der Waals surface area contributed by atoms with Crippen LogP contribution in [0.25, 0.3) is 0 Å². The number of hydrogen-bond acceptors (Lipinski definition) is 2. The number of alkyl halides is 1. The van der Waals surface area contributed by atoms with Crippen molar-refractivity contribution in [3.8, 4) is 0 Å². The standard InChI is InChI=1S/C10H11BrFNO2/c1-2-8(11)5-7-3-4-9(12)10(6-7)13(14)15/h3-4,6,8H,2,5H2,1H3. The smallest absolute Gasteiger partial charge is 0.258 e. The minimum atomic E-state index is -0.786. The van der Waals surface area contributed by atoms with E-state index in [4.69, 9.17) is 0 Å². The first-order valence-corrected chi connectivity index (χ1v) is 5.53. The number of nitrogens with zero attached hydrogens (tertiary/aromatic N) is 1. The number of nitro benzene ring substituents is 1. The molecule has 82 valence electrons. The highest BCUT2D eigenvalue weighted by molar-refractivity contribution is 9.09. The van der Waals surface area contributed by atoms with Crippen LogP contribution in [0.15, 0.2) is 18.2 Å². The Morgan fingerprint density at radius 3 is 2.80 bits per heavy atom. The SMILES string of the molecule is CCC(Br)Cc1ccc(F)c([N+](=O)[O-])c1. The molecule has 0 aromatic heterocycles. The maximum atomic E-state index is 13.0. The molecule has 3 nitrogen and oxygen atoms in total. The zero-order valence-electron chi connectivity index (χ0n) is 8.24. The molecule has 0 aliphatic carbocycles. The Bertz CT molecular complexity index is 370. The fraction of sp³-hybridized carbons (Fsp3) is 0.400. The molecular formula is C10H11BrFNO2. The monoisotopic (exact) mass is 275 g/mol. The minimum absolute atomic E-state index is 0.266. The van der Waals surface area contributed by atoms with Gasteiger partial charge in [0, 0.05) is 10.9 Å². The minimum Gasteiger partial charge on any atom is -0.258 e. The summed E-state index contributed by atoms with van der Waals surface area (Å²) >= 11 is 3.43. The summed E-state index contributed by atoms with van der Waals surface area (Å²) in [6.07, 6.45) is 1.59. The Kier molecular flexibility index (Phi) is 4.20. The van der Waals surface area contributed by atoms with Gasteiger partial charge in [-0.25, -0.2) is 0 Å². The molecule has 0 aliphatic heterocycles. The van der Waals surface area contributed by atoms with E-state index in [-0.39, 0.29) is 4.83 Å². The van der Waals surface area contributed by atoms with Crippen LogP contribution in [-0.4, -0.2) is 9.75 Å². The van der Waals surface area contributed by atoms with Gasteiger partial charge in [-0.2, -0.15) is 4.39 Å². The molecule has 0 N–H and O–H groups in total. The first-order valence-electron chi connectivity index (χ1n) is 4.61. The summed E-state index contributed by atoms with van der Waals surface area (Å²) in [5.41, 5.74) is 0.315. The van der Waals surface area contributed by atoms with E-state index in [0.717, 1.165) is 18.1 Å². The Hall–Kier alpha value is -0.970. The number of rotatable bonds is 4. The van der Waals surface area contributed by atoms with Crippen LogP contribution in [0.2, 0.25) is 0 Å². The molecule has 0 amide bonds. The molecule has 1 aromatic carbocycles. The topological polar surface area (TPSA) is 43.1 Å². The Morgan fingerprint density at radius 1 is 1.60 bits per heavy atom. The van der Waals surface area contributed by atoms with Crippen molar-refractivity contribution in [2.75, 3.05) is 0 Å². The molecule has 0 aliphatic rings. The quantitative estimate of drug-likeness (QED) is 0.480. The van der Waals surface area contributed by atoms with Crippen LogP contribution in [-0.2, 0) is 6.42 Å². The lowest BCUT2D eigenvalue weighted by Crippen LogP contribution is -2.02. The highest BCUT2D eigenvalue weighted by Crippen LogP contribution is 2.21. The van der Waals surface area contributed by atoms with E-state index in [0.29, 0.717) is 6.42 Å². The number of halogens is 2. The highest BCUT2D eigenvalue weighted by atomic mass is 79.9. The van der Waals surface area contributed by atoms with Gasteiger partial charge in [0.2, 0.25) is 5.82 Å². The second-order valence-corrected chi connectivity index (χ2v) is 4.55. The second kappa shape index (κ2) is 5.21. The summed E-state index contributed by atoms with van der Waals surface area (Å²) in [4.78, 5) is 10.0. The van der Waals surface area contributed by atoms with Gasteiger partial charge < -0.3 is 0 Å². The zero-order valence-corrected chi connectivity index (χ0v) is 9.83. The van der Waals surface area contributed by atoms with E-state index >= 15 is 0 Å². The number of benzene rings is 1. The Morgan fingerprint density at radius 2 is 2.27 bits per heavy atom. The summed E-state index contributed by atoms with van der Waals surface area (Å²) in [5, 5.41) is 10.5. The predicted molar refractivity (Wildman–Crippen MR) is 59.8 cm³/mol. The van der Waals surface area contributed by atoms with E-state index in [1.54, 1.807) is 6.07 Å². The van der Waals surface area contributed by atoms with Gasteiger partial charge in [-0.15, -0.1) is 0 Å². The lowest BCUT2D eigenvalue weighted by atomic mass is 10.1. The Balaban J connectivity index is 2.92. The molecule has 0 radical (unpaired) electrons. The first kappa shape index (κ1) is 12.1. The summed E-state index contributed by atoms with van der Waals surface area (Å²) in [5.74, 6) is -0.786. The van der Waals surface area contributed by atoms with Gasteiger partial charge in [-0.3, -0.25) is 10.1 Å². The molecular weight excluding hydrogens is 265 g/mol. The van der Waals surface area contributed by atoms with E-state index < -0.39 is 16.4 Å². The van der Waals surface area contributed by atoms with Crippen molar-refractivity contribution in [2.45, 2.75) is 24.6 Å². The van der Waals surface area contributed by atoms with Crippen molar-refractivity contribution >= 4 is 21.6 Å². The van der Waals surface area contributed by atoms with E-state index in [1.165, 1.54) is 6.07 Å². The van der Waals surface area contributed by atoms with Crippen LogP contribution < -0.4 is 0 Å². The van der Waals surface area contributed by atoms with E-state index in [2.05, 4.69) is 15.9 Å². The van der Waals surface area contributed by atoms with Gasteiger partial charge in [0.15, 0.2) is 0 Å². The van der Waals surface area contributed by atoms with Crippen molar-refractivity contribution < 1.29 is 9.31 Å². The average Bonchev–Trinajstić information content (AvgIpc) is 2.20. The van der Waals surface area contributed by atoms with Crippen LogP contribution in [0.5, 0.6) is 0 Å². The molecule has 1 aromatic rings.